The van der Waals surface area contributed by atoms with E-state index < -0.39 is 12.1 Å². The average Bonchev–Trinajstić information content (AvgIpc) is 2.76. The topological polar surface area (TPSA) is 105 Å². The third-order valence-electron chi connectivity index (χ3n) is 3.35. The Balaban J connectivity index is 2.67. The molecule has 1 aliphatic heterocycles. The Kier molecular flexibility index (Phi) is 6.16. The SMILES string of the molecule is CCOC(=O)N(CCN)C(=O)NC1CC(=O)N(C(C)(C)C)C1. The van der Waals surface area contributed by atoms with Gasteiger partial charge in [0.1, 0.15) is 0 Å². The summed E-state index contributed by atoms with van der Waals surface area (Å²) in [6.45, 7) is 8.28. The van der Waals surface area contributed by atoms with E-state index in [1.165, 1.54) is 0 Å². The van der Waals surface area contributed by atoms with Gasteiger partial charge in [0.25, 0.3) is 0 Å². The maximum Gasteiger partial charge on any atom is 0.418 e. The van der Waals surface area contributed by atoms with Crippen LogP contribution in [-0.4, -0.2) is 65.7 Å². The van der Waals surface area contributed by atoms with Gasteiger partial charge in [-0.1, -0.05) is 0 Å². The summed E-state index contributed by atoms with van der Waals surface area (Å²) in [4.78, 5) is 38.6. The van der Waals surface area contributed by atoms with Gasteiger partial charge in [-0.25, -0.2) is 14.5 Å². The predicted octanol–water partition coefficient (Wildman–Crippen LogP) is 0.513. The van der Waals surface area contributed by atoms with Gasteiger partial charge in [-0.2, -0.15) is 0 Å². The van der Waals surface area contributed by atoms with E-state index in [1.807, 2.05) is 20.8 Å². The van der Waals surface area contributed by atoms with Gasteiger partial charge in [0.15, 0.2) is 0 Å². The smallest absolute Gasteiger partial charge is 0.418 e. The fourth-order valence-electron chi connectivity index (χ4n) is 2.31. The van der Waals surface area contributed by atoms with Crippen molar-refractivity contribution in [2.45, 2.75) is 45.7 Å². The van der Waals surface area contributed by atoms with Gasteiger partial charge < -0.3 is 20.7 Å². The van der Waals surface area contributed by atoms with Gasteiger partial charge in [-0.05, 0) is 27.7 Å². The first-order valence-electron chi connectivity index (χ1n) is 7.46. The lowest BCUT2D eigenvalue weighted by Gasteiger charge is -2.32. The zero-order valence-corrected chi connectivity index (χ0v) is 13.7. The van der Waals surface area contributed by atoms with Crippen molar-refractivity contribution < 1.29 is 19.1 Å². The molecule has 1 rings (SSSR count). The van der Waals surface area contributed by atoms with Crippen molar-refractivity contribution in [2.75, 3.05) is 26.2 Å². The molecule has 1 unspecified atom stereocenters. The molecule has 1 atom stereocenters. The van der Waals surface area contributed by atoms with E-state index in [0.717, 1.165) is 4.90 Å². The molecule has 4 amide bonds. The number of nitrogens with one attached hydrogen (secondary N) is 1. The van der Waals surface area contributed by atoms with Crippen molar-refractivity contribution >= 4 is 18.0 Å². The predicted molar refractivity (Wildman–Crippen MR) is 81.2 cm³/mol. The quantitative estimate of drug-likeness (QED) is 0.787. The van der Waals surface area contributed by atoms with Crippen molar-refractivity contribution in [2.24, 2.45) is 5.73 Å². The summed E-state index contributed by atoms with van der Waals surface area (Å²) >= 11 is 0. The third kappa shape index (κ3) is 4.59. The van der Waals surface area contributed by atoms with E-state index in [1.54, 1.807) is 11.8 Å². The standard InChI is InChI=1S/C14H26N4O4/c1-5-22-13(21)17(7-6-15)12(20)16-10-8-11(19)18(9-10)14(2,3)4/h10H,5-9,15H2,1-4H3,(H,16,20). The monoisotopic (exact) mass is 314 g/mol. The average molecular weight is 314 g/mol. The second-order valence-corrected chi connectivity index (χ2v) is 6.16. The number of hydrogen-bond donors (Lipinski definition) is 2. The first-order chi connectivity index (χ1) is 10.2. The summed E-state index contributed by atoms with van der Waals surface area (Å²) in [7, 11) is 0. The van der Waals surface area contributed by atoms with Crippen molar-refractivity contribution in [3.63, 3.8) is 0 Å². The molecule has 0 aromatic rings. The molecule has 0 aliphatic carbocycles. The maximum absolute atomic E-state index is 12.2. The number of amides is 4. The highest BCUT2D eigenvalue weighted by atomic mass is 16.6. The summed E-state index contributed by atoms with van der Waals surface area (Å²) in [5, 5.41) is 2.70. The molecule has 0 radical (unpaired) electrons. The van der Waals surface area contributed by atoms with Crippen LogP contribution in [0.5, 0.6) is 0 Å². The van der Waals surface area contributed by atoms with Crippen molar-refractivity contribution in [3.05, 3.63) is 0 Å². The zero-order chi connectivity index (χ0) is 16.9. The van der Waals surface area contributed by atoms with Crippen LogP contribution in [0.25, 0.3) is 0 Å². The summed E-state index contributed by atoms with van der Waals surface area (Å²) in [6.07, 6.45) is -0.509. The normalized spacial score (nSPS) is 18.3. The van der Waals surface area contributed by atoms with Crippen LogP contribution in [0.1, 0.15) is 34.1 Å². The number of likely N-dealkylation sites (tertiary alicyclic amines) is 1. The van der Waals surface area contributed by atoms with Gasteiger partial charge in [0, 0.05) is 31.6 Å². The highest BCUT2D eigenvalue weighted by Gasteiger charge is 2.37. The van der Waals surface area contributed by atoms with Crippen LogP contribution in [0.3, 0.4) is 0 Å². The number of rotatable bonds is 4. The molecule has 8 nitrogen and oxygen atoms in total. The van der Waals surface area contributed by atoms with Gasteiger partial charge in [0.05, 0.1) is 12.6 Å². The van der Waals surface area contributed by atoms with Gasteiger partial charge in [-0.15, -0.1) is 0 Å². The molecule has 22 heavy (non-hydrogen) atoms. The number of urea groups is 1. The number of ether oxygens (including phenoxy) is 1. The Labute approximate surface area is 130 Å². The summed E-state index contributed by atoms with van der Waals surface area (Å²) in [5.74, 6) is -0.0145. The van der Waals surface area contributed by atoms with Crippen molar-refractivity contribution in [1.29, 1.82) is 0 Å². The lowest BCUT2D eigenvalue weighted by atomic mass is 10.1. The first kappa shape index (κ1) is 18.2. The molecule has 1 fully saturated rings. The Morgan fingerprint density at radius 1 is 1.45 bits per heavy atom. The number of imide groups is 1. The van der Waals surface area contributed by atoms with Crippen molar-refractivity contribution in [3.8, 4) is 0 Å². The van der Waals surface area contributed by atoms with E-state index in [0.29, 0.717) is 6.54 Å². The fraction of sp³-hybridized carbons (Fsp3) is 0.786. The second-order valence-electron chi connectivity index (χ2n) is 6.16. The Morgan fingerprint density at radius 3 is 2.55 bits per heavy atom. The molecule has 0 aromatic carbocycles. The zero-order valence-electron chi connectivity index (χ0n) is 13.7. The minimum atomic E-state index is -0.734. The summed E-state index contributed by atoms with van der Waals surface area (Å²) in [6, 6.07) is -0.911. The molecular formula is C14H26N4O4. The van der Waals surface area contributed by atoms with Crippen LogP contribution in [0.4, 0.5) is 9.59 Å². The lowest BCUT2D eigenvalue weighted by Crippen LogP contribution is -2.50. The van der Waals surface area contributed by atoms with Gasteiger partial charge in [-0.3, -0.25) is 4.79 Å². The summed E-state index contributed by atoms with van der Waals surface area (Å²) < 4.78 is 4.83. The fourth-order valence-corrected chi connectivity index (χ4v) is 2.31. The maximum atomic E-state index is 12.2. The van der Waals surface area contributed by atoms with Crippen LogP contribution in [-0.2, 0) is 9.53 Å². The van der Waals surface area contributed by atoms with Gasteiger partial charge >= 0.3 is 12.1 Å². The number of hydrogen-bond acceptors (Lipinski definition) is 5. The molecule has 1 aliphatic rings. The molecule has 1 saturated heterocycles. The van der Waals surface area contributed by atoms with E-state index in [9.17, 15) is 14.4 Å². The molecule has 126 valence electrons. The molecule has 0 bridgehead atoms. The highest BCUT2D eigenvalue weighted by Crippen LogP contribution is 2.21. The Morgan fingerprint density at radius 2 is 2.09 bits per heavy atom. The number of nitrogens with zero attached hydrogens (tertiary/aromatic N) is 2. The molecule has 0 saturated carbocycles. The van der Waals surface area contributed by atoms with Crippen LogP contribution >= 0.6 is 0 Å². The second kappa shape index (κ2) is 7.44. The van der Waals surface area contributed by atoms with Crippen LogP contribution in [0.15, 0.2) is 0 Å². The molecular weight excluding hydrogens is 288 g/mol. The first-order valence-corrected chi connectivity index (χ1v) is 7.46. The Hall–Kier alpha value is -1.83. The highest BCUT2D eigenvalue weighted by molar-refractivity contribution is 5.91. The van der Waals surface area contributed by atoms with Crippen LogP contribution in [0, 0.1) is 0 Å². The third-order valence-corrected chi connectivity index (χ3v) is 3.35. The number of carbonyl (C=O) groups is 3. The molecule has 1 heterocycles. The molecule has 3 N–H and O–H groups in total. The molecule has 0 aromatic heterocycles. The van der Waals surface area contributed by atoms with Gasteiger partial charge in [0.2, 0.25) is 5.91 Å². The largest absolute Gasteiger partial charge is 0.449 e. The van der Waals surface area contributed by atoms with E-state index >= 15 is 0 Å². The van der Waals surface area contributed by atoms with E-state index in [-0.39, 0.29) is 43.6 Å². The van der Waals surface area contributed by atoms with Crippen LogP contribution in [0.2, 0.25) is 0 Å². The van der Waals surface area contributed by atoms with Crippen LogP contribution < -0.4 is 11.1 Å². The minimum absolute atomic E-state index is 0.0145. The minimum Gasteiger partial charge on any atom is -0.449 e. The van der Waals surface area contributed by atoms with Crippen molar-refractivity contribution in [1.82, 2.24) is 15.1 Å². The number of carbonyl (C=O) groups excluding carboxylic acids is 3. The lowest BCUT2D eigenvalue weighted by molar-refractivity contribution is -0.131. The van der Waals surface area contributed by atoms with E-state index in [4.69, 9.17) is 10.5 Å². The van der Waals surface area contributed by atoms with E-state index in [2.05, 4.69) is 5.32 Å². The molecule has 0 spiro atoms. The Bertz CT molecular complexity index is 433. The number of nitrogens with two attached hydrogens (primary N) is 1. The summed E-state index contributed by atoms with van der Waals surface area (Å²) in [5.41, 5.74) is 5.12. The molecule has 8 heteroatoms.